The van der Waals surface area contributed by atoms with Crippen molar-refractivity contribution >= 4 is 23.8 Å². The number of allylic oxidation sites excluding steroid dienone is 1. The molecule has 0 saturated heterocycles. The van der Waals surface area contributed by atoms with Crippen LogP contribution in [0.2, 0.25) is 0 Å². The summed E-state index contributed by atoms with van der Waals surface area (Å²) >= 11 is 0. The van der Waals surface area contributed by atoms with E-state index in [0.717, 1.165) is 0 Å². The van der Waals surface area contributed by atoms with Crippen molar-refractivity contribution in [1.82, 2.24) is 0 Å². The minimum atomic E-state index is -0.509. The van der Waals surface area contributed by atoms with Gasteiger partial charge in [0.1, 0.15) is 18.4 Å². The zero-order chi connectivity index (χ0) is 22.0. The van der Waals surface area contributed by atoms with E-state index in [4.69, 9.17) is 15.2 Å². The van der Waals surface area contributed by atoms with Crippen LogP contribution in [0.4, 0.5) is 5.69 Å². The summed E-state index contributed by atoms with van der Waals surface area (Å²) in [6.45, 7) is 9.82. The molecule has 0 heterocycles. The third-order valence-electron chi connectivity index (χ3n) is 3.43. The van der Waals surface area contributed by atoms with Crippen molar-refractivity contribution in [2.75, 3.05) is 25.1 Å². The molecule has 8 nitrogen and oxygen atoms in total. The summed E-state index contributed by atoms with van der Waals surface area (Å²) in [5, 5.41) is 12.0. The number of nitrogens with two attached hydrogens (primary N) is 1. The molecule has 29 heavy (non-hydrogen) atoms. The second-order valence-electron chi connectivity index (χ2n) is 7.50. The largest absolute Gasteiger partial charge is 0.492 e. The molecule has 0 atom stereocenters. The van der Waals surface area contributed by atoms with E-state index in [1.807, 2.05) is 20.8 Å². The molecule has 3 N–H and O–H groups in total. The third kappa shape index (κ3) is 8.47. The number of benzene rings is 1. The Morgan fingerprint density at radius 2 is 2.03 bits per heavy atom. The van der Waals surface area contributed by atoms with Crippen molar-refractivity contribution in [2.24, 2.45) is 16.1 Å². The molecule has 1 aromatic carbocycles. The van der Waals surface area contributed by atoms with Gasteiger partial charge < -0.3 is 20.5 Å². The number of ether oxygens (including phenoxy) is 2. The smallest absolute Gasteiger partial charge is 0.327 e. The van der Waals surface area contributed by atoms with Crippen LogP contribution >= 0.6 is 0 Å². The maximum Gasteiger partial charge on any atom is 0.327 e. The quantitative estimate of drug-likeness (QED) is 0.392. The minimum absolute atomic E-state index is 0.0547. The summed E-state index contributed by atoms with van der Waals surface area (Å²) in [5.74, 6) is -0.560. The fourth-order valence-corrected chi connectivity index (χ4v) is 2.07. The van der Waals surface area contributed by atoms with Crippen LogP contribution in [0.1, 0.15) is 40.2 Å². The van der Waals surface area contributed by atoms with Crippen LogP contribution in [0, 0.1) is 16.7 Å². The average Bonchev–Trinajstić information content (AvgIpc) is 2.63. The first-order chi connectivity index (χ1) is 13.6. The monoisotopic (exact) mass is 400 g/mol. The number of esters is 1. The molecule has 0 bridgehead atoms. The highest BCUT2D eigenvalue weighted by Crippen LogP contribution is 2.25. The predicted molar refractivity (Wildman–Crippen MR) is 112 cm³/mol. The van der Waals surface area contributed by atoms with Gasteiger partial charge in [-0.2, -0.15) is 5.26 Å². The topological polar surface area (TPSA) is 127 Å². The van der Waals surface area contributed by atoms with E-state index in [0.29, 0.717) is 23.6 Å². The number of carbonyl (C=O) groups excluding carboxylic acids is 2. The van der Waals surface area contributed by atoms with E-state index in [9.17, 15) is 14.9 Å². The molecule has 1 rings (SSSR count). The molecule has 0 radical (unpaired) electrons. The lowest BCUT2D eigenvalue weighted by atomic mass is 9.98. The Bertz CT molecular complexity index is 841. The van der Waals surface area contributed by atoms with E-state index in [-0.39, 0.29) is 29.8 Å². The number of nitrogens with zero attached hydrogens (tertiary/aromatic N) is 2. The molecule has 1 aromatic rings. The standard InChI is InChI=1S/C21H28N4O4/c1-6-28-19(26)12-24-11-17(14(2)23)20(27)25-16-7-8-18(15(9-16)10-22)29-13-21(3,4)5/h7-9,11H,6,12-13,23H2,1-5H3,(H,25,27). The predicted octanol–water partition coefficient (Wildman–Crippen LogP) is 2.79. The lowest BCUT2D eigenvalue weighted by molar-refractivity contribution is -0.141. The lowest BCUT2D eigenvalue weighted by Gasteiger charge is -2.19. The van der Waals surface area contributed by atoms with Crippen molar-refractivity contribution in [3.63, 3.8) is 0 Å². The Morgan fingerprint density at radius 1 is 1.34 bits per heavy atom. The van der Waals surface area contributed by atoms with Crippen molar-refractivity contribution in [1.29, 1.82) is 5.26 Å². The summed E-state index contributed by atoms with van der Waals surface area (Å²) < 4.78 is 10.5. The number of carbonyl (C=O) groups is 2. The summed E-state index contributed by atoms with van der Waals surface area (Å²) in [6.07, 6.45) is 1.23. The summed E-state index contributed by atoms with van der Waals surface area (Å²) in [7, 11) is 0. The Hall–Kier alpha value is -3.34. The molecule has 1 amide bonds. The van der Waals surface area contributed by atoms with Gasteiger partial charge in [-0.05, 0) is 37.5 Å². The number of aliphatic imine (C=N–C) groups is 1. The average molecular weight is 400 g/mol. The molecule has 0 aliphatic heterocycles. The summed E-state index contributed by atoms with van der Waals surface area (Å²) in [5.41, 5.74) is 6.77. The first-order valence-electron chi connectivity index (χ1n) is 9.17. The molecule has 0 aliphatic carbocycles. The highest BCUT2D eigenvalue weighted by molar-refractivity contribution is 6.18. The minimum Gasteiger partial charge on any atom is -0.492 e. The number of nitrogens with one attached hydrogen (secondary N) is 1. The molecule has 0 saturated carbocycles. The molecule has 0 unspecified atom stereocenters. The SMILES string of the molecule is CCOC(=O)CN=CC(C(=O)Nc1ccc(OCC(C)(C)C)c(C#N)c1)=C(C)N. The molecule has 8 heteroatoms. The fraction of sp³-hybridized carbons (Fsp3) is 0.429. The fourth-order valence-electron chi connectivity index (χ4n) is 2.07. The van der Waals surface area contributed by atoms with Gasteiger partial charge in [0.05, 0.1) is 24.4 Å². The van der Waals surface area contributed by atoms with Gasteiger partial charge in [0, 0.05) is 17.6 Å². The maximum absolute atomic E-state index is 12.5. The van der Waals surface area contributed by atoms with Gasteiger partial charge in [-0.15, -0.1) is 0 Å². The second-order valence-corrected chi connectivity index (χ2v) is 7.50. The number of rotatable bonds is 8. The molecule has 0 aromatic heterocycles. The molecule has 0 spiro atoms. The molecule has 156 valence electrons. The van der Waals surface area contributed by atoms with E-state index in [1.165, 1.54) is 12.3 Å². The number of anilines is 1. The van der Waals surface area contributed by atoms with E-state index in [2.05, 4.69) is 16.4 Å². The van der Waals surface area contributed by atoms with Gasteiger partial charge in [-0.1, -0.05) is 20.8 Å². The van der Waals surface area contributed by atoms with Crippen LogP contribution < -0.4 is 15.8 Å². The van der Waals surface area contributed by atoms with Crippen LogP contribution in [0.25, 0.3) is 0 Å². The number of amides is 1. The van der Waals surface area contributed by atoms with Gasteiger partial charge in [0.25, 0.3) is 5.91 Å². The van der Waals surface area contributed by atoms with Gasteiger partial charge in [0.15, 0.2) is 0 Å². The van der Waals surface area contributed by atoms with Crippen LogP contribution in [-0.4, -0.2) is 37.8 Å². The van der Waals surface area contributed by atoms with Crippen LogP contribution in [0.3, 0.4) is 0 Å². The third-order valence-corrected chi connectivity index (χ3v) is 3.43. The van der Waals surface area contributed by atoms with Gasteiger partial charge in [-0.25, -0.2) is 0 Å². The lowest BCUT2D eigenvalue weighted by Crippen LogP contribution is -2.20. The normalized spacial score (nSPS) is 12.1. The van der Waals surface area contributed by atoms with Crippen LogP contribution in [0.5, 0.6) is 5.75 Å². The Morgan fingerprint density at radius 3 is 2.59 bits per heavy atom. The van der Waals surface area contributed by atoms with E-state index >= 15 is 0 Å². The second kappa shape index (κ2) is 10.9. The first-order valence-corrected chi connectivity index (χ1v) is 9.17. The highest BCUT2D eigenvalue weighted by atomic mass is 16.5. The zero-order valence-corrected chi connectivity index (χ0v) is 17.5. The van der Waals surface area contributed by atoms with Crippen molar-refractivity contribution in [3.05, 3.63) is 35.0 Å². The molecular weight excluding hydrogens is 372 g/mol. The van der Waals surface area contributed by atoms with Crippen molar-refractivity contribution < 1.29 is 19.1 Å². The Balaban J connectivity index is 2.90. The first kappa shape index (κ1) is 23.7. The van der Waals surface area contributed by atoms with Crippen molar-refractivity contribution in [2.45, 2.75) is 34.6 Å². The van der Waals surface area contributed by atoms with E-state index < -0.39 is 11.9 Å². The number of nitriles is 1. The Labute approximate surface area is 171 Å². The van der Waals surface area contributed by atoms with Gasteiger partial charge >= 0.3 is 5.97 Å². The highest BCUT2D eigenvalue weighted by Gasteiger charge is 2.15. The van der Waals surface area contributed by atoms with Gasteiger partial charge in [0.2, 0.25) is 0 Å². The van der Waals surface area contributed by atoms with Crippen LogP contribution in [-0.2, 0) is 14.3 Å². The van der Waals surface area contributed by atoms with E-state index in [1.54, 1.807) is 26.0 Å². The number of hydrogen-bond acceptors (Lipinski definition) is 7. The molecule has 0 fully saturated rings. The summed E-state index contributed by atoms with van der Waals surface area (Å²) in [4.78, 5) is 27.8. The number of hydrogen-bond donors (Lipinski definition) is 2. The molecular formula is C21H28N4O4. The van der Waals surface area contributed by atoms with Crippen LogP contribution in [0.15, 0.2) is 34.5 Å². The van der Waals surface area contributed by atoms with Gasteiger partial charge in [-0.3, -0.25) is 14.6 Å². The molecule has 0 aliphatic rings. The summed E-state index contributed by atoms with van der Waals surface area (Å²) in [6, 6.07) is 6.86. The maximum atomic E-state index is 12.5. The Kier molecular flexibility index (Phi) is 8.87. The zero-order valence-electron chi connectivity index (χ0n) is 17.5. The van der Waals surface area contributed by atoms with Crippen molar-refractivity contribution in [3.8, 4) is 11.8 Å².